The van der Waals surface area contributed by atoms with Gasteiger partial charge in [-0.3, -0.25) is 0 Å². The Kier molecular flexibility index (Phi) is 4.58. The molecule has 7 nitrogen and oxygen atoms in total. The molecule has 0 bridgehead atoms. The van der Waals surface area contributed by atoms with Gasteiger partial charge in [0, 0.05) is 37.8 Å². The molecule has 3 aromatic rings. The first kappa shape index (κ1) is 17.2. The summed E-state index contributed by atoms with van der Waals surface area (Å²) in [6.07, 6.45) is 3.18. The molecule has 27 heavy (non-hydrogen) atoms. The molecule has 1 N–H and O–H groups in total. The lowest BCUT2D eigenvalue weighted by molar-refractivity contribution is -0.687. The molecule has 0 radical (unpaired) electrons. The van der Waals surface area contributed by atoms with Gasteiger partial charge in [0.05, 0.1) is 5.69 Å². The van der Waals surface area contributed by atoms with Crippen LogP contribution >= 0.6 is 0 Å². The molecule has 1 amide bonds. The number of hydrogen-bond acceptors (Lipinski definition) is 4. The molecule has 2 aromatic heterocycles. The highest BCUT2D eigenvalue weighted by Crippen LogP contribution is 2.20. The smallest absolute Gasteiger partial charge is 0.407 e. The van der Waals surface area contributed by atoms with Crippen LogP contribution in [0.2, 0.25) is 0 Å². The summed E-state index contributed by atoms with van der Waals surface area (Å²) in [6, 6.07) is 12.3. The number of carboxylic acid groups (broad SMARTS) is 1. The number of amides is 1. The first-order valence-electron chi connectivity index (χ1n) is 9.04. The van der Waals surface area contributed by atoms with Gasteiger partial charge in [-0.25, -0.2) is 14.8 Å². The standard InChI is InChI=1S/C20H21N5O2/c1-15-19(24-9-11-25(12-10-24)20(26)27)22-17-7-8-23(14-18(17)21-15)13-16-5-3-2-4-6-16/h2-8,14H,9-13H2,1H3/p+1. The highest BCUT2D eigenvalue weighted by molar-refractivity contribution is 5.74. The average Bonchev–Trinajstić information content (AvgIpc) is 2.68. The van der Waals surface area contributed by atoms with E-state index in [0.717, 1.165) is 29.1 Å². The lowest BCUT2D eigenvalue weighted by Crippen LogP contribution is -2.48. The number of piperazine rings is 1. The van der Waals surface area contributed by atoms with Crippen molar-refractivity contribution in [3.8, 4) is 0 Å². The van der Waals surface area contributed by atoms with Crippen LogP contribution in [0.5, 0.6) is 0 Å². The van der Waals surface area contributed by atoms with E-state index in [9.17, 15) is 4.79 Å². The van der Waals surface area contributed by atoms with Crippen LogP contribution in [0.3, 0.4) is 0 Å². The molecule has 7 heteroatoms. The van der Waals surface area contributed by atoms with E-state index in [1.165, 1.54) is 10.5 Å². The molecule has 0 aliphatic carbocycles. The molecule has 3 heterocycles. The van der Waals surface area contributed by atoms with Crippen molar-refractivity contribution < 1.29 is 14.5 Å². The molecule has 0 spiro atoms. The fourth-order valence-corrected chi connectivity index (χ4v) is 3.43. The second-order valence-corrected chi connectivity index (χ2v) is 6.76. The van der Waals surface area contributed by atoms with E-state index >= 15 is 0 Å². The topological polar surface area (TPSA) is 73.4 Å². The number of anilines is 1. The van der Waals surface area contributed by atoms with Gasteiger partial charge in [0.25, 0.3) is 0 Å². The second kappa shape index (κ2) is 7.19. The monoisotopic (exact) mass is 364 g/mol. The summed E-state index contributed by atoms with van der Waals surface area (Å²) in [5, 5.41) is 9.10. The number of pyridine rings is 1. The van der Waals surface area contributed by atoms with Crippen LogP contribution in [0.4, 0.5) is 10.6 Å². The highest BCUT2D eigenvalue weighted by Gasteiger charge is 2.23. The predicted octanol–water partition coefficient (Wildman–Crippen LogP) is 2.07. The van der Waals surface area contributed by atoms with E-state index in [1.807, 2.05) is 43.6 Å². The first-order valence-corrected chi connectivity index (χ1v) is 9.04. The summed E-state index contributed by atoms with van der Waals surface area (Å²) >= 11 is 0. The number of benzene rings is 1. The van der Waals surface area contributed by atoms with Gasteiger partial charge in [-0.2, -0.15) is 4.57 Å². The highest BCUT2D eigenvalue weighted by atomic mass is 16.4. The van der Waals surface area contributed by atoms with Crippen LogP contribution in [0.1, 0.15) is 11.3 Å². The maximum Gasteiger partial charge on any atom is 0.407 e. The lowest BCUT2D eigenvalue weighted by atomic mass is 10.2. The number of fused-ring (bicyclic) bond motifs is 1. The maximum atomic E-state index is 11.1. The molecule has 4 rings (SSSR count). The third kappa shape index (κ3) is 3.67. The van der Waals surface area contributed by atoms with Gasteiger partial charge in [-0.05, 0) is 6.92 Å². The maximum absolute atomic E-state index is 11.1. The lowest BCUT2D eigenvalue weighted by Gasteiger charge is -2.34. The minimum absolute atomic E-state index is 0.486. The summed E-state index contributed by atoms with van der Waals surface area (Å²) < 4.78 is 2.11. The van der Waals surface area contributed by atoms with Crippen molar-refractivity contribution in [2.75, 3.05) is 31.1 Å². The molecule has 1 aromatic carbocycles. The van der Waals surface area contributed by atoms with Crippen LogP contribution in [0, 0.1) is 6.92 Å². The molecule has 1 aliphatic rings. The van der Waals surface area contributed by atoms with Crippen molar-refractivity contribution in [1.29, 1.82) is 0 Å². The Labute approximate surface area is 157 Å². The third-order valence-electron chi connectivity index (χ3n) is 4.87. The molecular formula is C20H22N5O2+. The van der Waals surface area contributed by atoms with Gasteiger partial charge in [0.2, 0.25) is 0 Å². The minimum Gasteiger partial charge on any atom is -0.465 e. The largest absolute Gasteiger partial charge is 0.465 e. The summed E-state index contributed by atoms with van der Waals surface area (Å²) in [4.78, 5) is 24.2. The normalized spacial score (nSPS) is 14.6. The predicted molar refractivity (Wildman–Crippen MR) is 102 cm³/mol. The fourth-order valence-electron chi connectivity index (χ4n) is 3.43. The summed E-state index contributed by atoms with van der Waals surface area (Å²) in [6.45, 7) is 4.99. The Balaban J connectivity index is 1.57. The van der Waals surface area contributed by atoms with Crippen molar-refractivity contribution in [2.45, 2.75) is 13.5 Å². The van der Waals surface area contributed by atoms with E-state index in [0.29, 0.717) is 26.2 Å². The Morgan fingerprint density at radius 1 is 1.07 bits per heavy atom. The van der Waals surface area contributed by atoms with Crippen molar-refractivity contribution in [1.82, 2.24) is 14.9 Å². The van der Waals surface area contributed by atoms with Crippen LogP contribution in [0.15, 0.2) is 48.8 Å². The summed E-state index contributed by atoms with van der Waals surface area (Å²) in [7, 11) is 0. The van der Waals surface area contributed by atoms with Gasteiger partial charge >= 0.3 is 6.09 Å². The SMILES string of the molecule is Cc1nc2c[n+](Cc3ccccc3)ccc2nc1N1CCN(C(=O)O)CC1. The Morgan fingerprint density at radius 3 is 2.52 bits per heavy atom. The van der Waals surface area contributed by atoms with E-state index in [2.05, 4.69) is 21.6 Å². The van der Waals surface area contributed by atoms with Gasteiger partial charge < -0.3 is 14.9 Å². The molecule has 0 unspecified atom stereocenters. The summed E-state index contributed by atoms with van der Waals surface area (Å²) in [5.74, 6) is 0.841. The molecule has 1 fully saturated rings. The van der Waals surface area contributed by atoms with Crippen LogP contribution in [-0.4, -0.2) is 52.2 Å². The number of aryl methyl sites for hydroxylation is 1. The molecule has 1 aliphatic heterocycles. The zero-order valence-corrected chi connectivity index (χ0v) is 15.2. The van der Waals surface area contributed by atoms with Crippen molar-refractivity contribution >= 4 is 22.9 Å². The Hall–Kier alpha value is -3.22. The van der Waals surface area contributed by atoms with E-state index in [4.69, 9.17) is 15.1 Å². The molecule has 138 valence electrons. The zero-order valence-electron chi connectivity index (χ0n) is 15.2. The quantitative estimate of drug-likeness (QED) is 0.721. The van der Waals surface area contributed by atoms with Crippen LogP contribution in [-0.2, 0) is 6.54 Å². The third-order valence-corrected chi connectivity index (χ3v) is 4.87. The van der Waals surface area contributed by atoms with Crippen molar-refractivity contribution in [3.05, 3.63) is 60.0 Å². The average molecular weight is 364 g/mol. The van der Waals surface area contributed by atoms with Gasteiger partial charge in [-0.15, -0.1) is 0 Å². The fraction of sp³-hybridized carbons (Fsp3) is 0.300. The summed E-state index contributed by atoms with van der Waals surface area (Å²) in [5.41, 5.74) is 3.81. The molecule has 0 atom stereocenters. The molecular weight excluding hydrogens is 342 g/mol. The minimum atomic E-state index is -0.862. The Morgan fingerprint density at radius 2 is 1.81 bits per heavy atom. The molecule has 0 saturated carbocycles. The van der Waals surface area contributed by atoms with Crippen molar-refractivity contribution in [2.24, 2.45) is 0 Å². The van der Waals surface area contributed by atoms with Gasteiger partial charge in [0.15, 0.2) is 30.3 Å². The number of carbonyl (C=O) groups is 1. The van der Waals surface area contributed by atoms with Gasteiger partial charge in [-0.1, -0.05) is 30.3 Å². The number of aromatic nitrogens is 3. The van der Waals surface area contributed by atoms with Crippen molar-refractivity contribution in [3.63, 3.8) is 0 Å². The zero-order chi connectivity index (χ0) is 18.8. The van der Waals surface area contributed by atoms with E-state index in [1.54, 1.807) is 0 Å². The van der Waals surface area contributed by atoms with E-state index in [-0.39, 0.29) is 0 Å². The van der Waals surface area contributed by atoms with Crippen LogP contribution < -0.4 is 9.47 Å². The molecule has 1 saturated heterocycles. The van der Waals surface area contributed by atoms with E-state index < -0.39 is 6.09 Å². The van der Waals surface area contributed by atoms with Crippen LogP contribution in [0.25, 0.3) is 11.0 Å². The first-order chi connectivity index (χ1) is 13.1. The number of hydrogen-bond donors (Lipinski definition) is 1. The Bertz CT molecular complexity index is 969. The number of nitrogens with zero attached hydrogens (tertiary/aromatic N) is 5. The number of rotatable bonds is 3. The second-order valence-electron chi connectivity index (χ2n) is 6.76. The van der Waals surface area contributed by atoms with Gasteiger partial charge in [0.1, 0.15) is 5.52 Å².